The van der Waals surface area contributed by atoms with Gasteiger partial charge in [0.25, 0.3) is 0 Å². The predicted molar refractivity (Wildman–Crippen MR) is 56.9 cm³/mol. The Bertz CT molecular complexity index is 379. The maximum absolute atomic E-state index is 10.7. The van der Waals surface area contributed by atoms with Crippen LogP contribution in [0.3, 0.4) is 0 Å². The first-order chi connectivity index (χ1) is 7.77. The maximum atomic E-state index is 10.7. The van der Waals surface area contributed by atoms with Crippen LogP contribution in [0.2, 0.25) is 0 Å². The van der Waals surface area contributed by atoms with E-state index in [-0.39, 0.29) is 11.5 Å². The van der Waals surface area contributed by atoms with Gasteiger partial charge in [0.2, 0.25) is 5.82 Å². The molecule has 7 heteroatoms. The Morgan fingerprint density at radius 2 is 2.25 bits per heavy atom. The lowest BCUT2D eigenvalue weighted by Gasteiger charge is -2.27. The Morgan fingerprint density at radius 1 is 1.50 bits per heavy atom. The van der Waals surface area contributed by atoms with Crippen LogP contribution in [0, 0.1) is 10.1 Å². The van der Waals surface area contributed by atoms with Crippen molar-refractivity contribution in [2.75, 3.05) is 31.7 Å². The zero-order valence-corrected chi connectivity index (χ0v) is 8.63. The lowest BCUT2D eigenvalue weighted by Crippen LogP contribution is -2.40. The Morgan fingerprint density at radius 3 is 2.94 bits per heavy atom. The highest BCUT2D eigenvalue weighted by Gasteiger charge is 2.17. The number of nitro groups is 1. The second-order valence-electron chi connectivity index (χ2n) is 3.34. The first kappa shape index (κ1) is 10.8. The molecule has 1 fully saturated rings. The number of hydrazine groups is 1. The lowest BCUT2D eigenvalue weighted by atomic mass is 10.4. The monoisotopic (exact) mass is 224 g/mol. The normalized spacial score (nSPS) is 17.0. The predicted octanol–water partition coefficient (Wildman–Crippen LogP) is 0.649. The SMILES string of the molecule is O=[N+]([O-])c1cccnc1NN1CCOCC1. The number of nitrogens with zero attached hydrogens (tertiary/aromatic N) is 3. The van der Waals surface area contributed by atoms with E-state index in [2.05, 4.69) is 10.4 Å². The molecule has 0 aliphatic carbocycles. The summed E-state index contributed by atoms with van der Waals surface area (Å²) in [7, 11) is 0. The number of nitrogens with one attached hydrogen (secondary N) is 1. The standard InChI is InChI=1S/C9H12N4O3/c14-13(15)8-2-1-3-10-9(8)11-12-4-6-16-7-5-12/h1-3H,4-7H2,(H,10,11). The summed E-state index contributed by atoms with van der Waals surface area (Å²) in [5.74, 6) is 0.273. The van der Waals surface area contributed by atoms with E-state index in [9.17, 15) is 10.1 Å². The fourth-order valence-corrected chi connectivity index (χ4v) is 1.46. The number of ether oxygens (including phenoxy) is 1. The summed E-state index contributed by atoms with van der Waals surface area (Å²) in [6.45, 7) is 2.61. The molecule has 7 nitrogen and oxygen atoms in total. The van der Waals surface area contributed by atoms with E-state index >= 15 is 0 Å². The minimum absolute atomic E-state index is 0.0195. The van der Waals surface area contributed by atoms with Gasteiger partial charge in [-0.2, -0.15) is 0 Å². The van der Waals surface area contributed by atoms with Gasteiger partial charge >= 0.3 is 5.69 Å². The smallest absolute Gasteiger partial charge is 0.312 e. The number of hydrogen-bond acceptors (Lipinski definition) is 6. The molecule has 16 heavy (non-hydrogen) atoms. The van der Waals surface area contributed by atoms with Crippen molar-refractivity contribution in [1.29, 1.82) is 0 Å². The van der Waals surface area contributed by atoms with Crippen LogP contribution in [0.4, 0.5) is 11.5 Å². The Hall–Kier alpha value is -1.73. The minimum atomic E-state index is -0.449. The van der Waals surface area contributed by atoms with Crippen molar-refractivity contribution in [1.82, 2.24) is 9.99 Å². The third kappa shape index (κ3) is 2.44. The van der Waals surface area contributed by atoms with Gasteiger partial charge < -0.3 is 4.74 Å². The molecular formula is C9H12N4O3. The molecule has 0 bridgehead atoms. The van der Waals surface area contributed by atoms with Crippen molar-refractivity contribution < 1.29 is 9.66 Å². The van der Waals surface area contributed by atoms with Crippen molar-refractivity contribution in [2.24, 2.45) is 0 Å². The number of morpholine rings is 1. The molecule has 1 N–H and O–H groups in total. The van der Waals surface area contributed by atoms with Gasteiger partial charge in [0.05, 0.1) is 18.1 Å². The van der Waals surface area contributed by atoms with Crippen molar-refractivity contribution in [3.63, 3.8) is 0 Å². The van der Waals surface area contributed by atoms with E-state index < -0.39 is 4.92 Å². The minimum Gasteiger partial charge on any atom is -0.379 e. The van der Waals surface area contributed by atoms with Gasteiger partial charge in [-0.25, -0.2) is 9.99 Å². The molecule has 0 spiro atoms. The van der Waals surface area contributed by atoms with Gasteiger partial charge in [0.15, 0.2) is 0 Å². The van der Waals surface area contributed by atoms with E-state index in [1.807, 2.05) is 5.01 Å². The molecule has 0 atom stereocenters. The topological polar surface area (TPSA) is 80.5 Å². The molecule has 1 aliphatic heterocycles. The largest absolute Gasteiger partial charge is 0.379 e. The summed E-state index contributed by atoms with van der Waals surface area (Å²) in [5, 5.41) is 12.6. The number of pyridine rings is 1. The van der Waals surface area contributed by atoms with E-state index in [4.69, 9.17) is 4.74 Å². The average molecular weight is 224 g/mol. The molecule has 0 amide bonds. The van der Waals surface area contributed by atoms with Crippen molar-refractivity contribution >= 4 is 11.5 Å². The van der Waals surface area contributed by atoms with E-state index in [0.717, 1.165) is 0 Å². The molecule has 0 saturated carbocycles. The first-order valence-electron chi connectivity index (χ1n) is 4.96. The number of rotatable bonds is 3. The van der Waals surface area contributed by atoms with Crippen LogP contribution in [0.1, 0.15) is 0 Å². The van der Waals surface area contributed by atoms with Gasteiger partial charge in [0.1, 0.15) is 0 Å². The molecule has 0 aromatic carbocycles. The number of anilines is 1. The molecule has 1 aliphatic rings. The summed E-state index contributed by atoms with van der Waals surface area (Å²) >= 11 is 0. The molecule has 2 heterocycles. The lowest BCUT2D eigenvalue weighted by molar-refractivity contribution is -0.384. The van der Waals surface area contributed by atoms with E-state index in [0.29, 0.717) is 26.3 Å². The van der Waals surface area contributed by atoms with Gasteiger partial charge in [-0.15, -0.1) is 0 Å². The van der Waals surface area contributed by atoms with Gasteiger partial charge in [-0.1, -0.05) is 0 Å². The third-order valence-corrected chi connectivity index (χ3v) is 2.26. The van der Waals surface area contributed by atoms with Gasteiger partial charge in [0, 0.05) is 25.4 Å². The van der Waals surface area contributed by atoms with Crippen molar-refractivity contribution in [3.8, 4) is 0 Å². The molecule has 86 valence electrons. The summed E-state index contributed by atoms with van der Waals surface area (Å²) < 4.78 is 5.18. The summed E-state index contributed by atoms with van der Waals surface area (Å²) in [6.07, 6.45) is 1.52. The average Bonchev–Trinajstić information content (AvgIpc) is 2.31. The molecule has 2 rings (SSSR count). The highest BCUT2D eigenvalue weighted by Crippen LogP contribution is 2.20. The second-order valence-corrected chi connectivity index (χ2v) is 3.34. The molecule has 0 unspecified atom stereocenters. The van der Waals surface area contributed by atoms with Gasteiger partial charge in [-0.05, 0) is 6.07 Å². The fraction of sp³-hybridized carbons (Fsp3) is 0.444. The summed E-state index contributed by atoms with van der Waals surface area (Å²) in [4.78, 5) is 14.3. The van der Waals surface area contributed by atoms with Gasteiger partial charge in [-0.3, -0.25) is 15.5 Å². The molecule has 0 radical (unpaired) electrons. The quantitative estimate of drug-likeness (QED) is 0.599. The van der Waals surface area contributed by atoms with Crippen LogP contribution < -0.4 is 5.43 Å². The summed E-state index contributed by atoms with van der Waals surface area (Å²) in [6, 6.07) is 2.97. The van der Waals surface area contributed by atoms with Crippen LogP contribution in [-0.4, -0.2) is 41.2 Å². The van der Waals surface area contributed by atoms with Crippen molar-refractivity contribution in [3.05, 3.63) is 28.4 Å². The Balaban J connectivity index is 2.10. The molecule has 1 aromatic rings. The Kier molecular flexibility index (Phi) is 3.28. The number of hydrogen-bond donors (Lipinski definition) is 1. The molecular weight excluding hydrogens is 212 g/mol. The second kappa shape index (κ2) is 4.86. The zero-order chi connectivity index (χ0) is 11.4. The van der Waals surface area contributed by atoms with Crippen LogP contribution in [0.25, 0.3) is 0 Å². The van der Waals surface area contributed by atoms with E-state index in [1.54, 1.807) is 6.07 Å². The van der Waals surface area contributed by atoms with E-state index in [1.165, 1.54) is 12.3 Å². The van der Waals surface area contributed by atoms with Crippen LogP contribution in [0.15, 0.2) is 18.3 Å². The highest BCUT2D eigenvalue weighted by molar-refractivity contribution is 5.54. The van der Waals surface area contributed by atoms with Crippen molar-refractivity contribution in [2.45, 2.75) is 0 Å². The van der Waals surface area contributed by atoms with Crippen LogP contribution in [0.5, 0.6) is 0 Å². The Labute approximate surface area is 92.2 Å². The number of aromatic nitrogens is 1. The molecule has 1 saturated heterocycles. The fourth-order valence-electron chi connectivity index (χ4n) is 1.46. The highest BCUT2D eigenvalue weighted by atomic mass is 16.6. The first-order valence-corrected chi connectivity index (χ1v) is 4.96. The van der Waals surface area contributed by atoms with Crippen LogP contribution in [-0.2, 0) is 4.74 Å². The third-order valence-electron chi connectivity index (χ3n) is 2.26. The zero-order valence-electron chi connectivity index (χ0n) is 8.63. The maximum Gasteiger partial charge on any atom is 0.312 e. The van der Waals surface area contributed by atoms with Crippen LogP contribution >= 0.6 is 0 Å². The molecule has 1 aromatic heterocycles. The summed E-state index contributed by atoms with van der Waals surface area (Å²) in [5.41, 5.74) is 2.91.